The molecule has 0 fully saturated rings. The molecule has 0 spiro atoms. The van der Waals surface area contributed by atoms with Crippen LogP contribution in [0.2, 0.25) is 0 Å². The molecule has 0 radical (unpaired) electrons. The van der Waals surface area contributed by atoms with E-state index in [9.17, 15) is 0 Å². The van der Waals surface area contributed by atoms with E-state index in [-0.39, 0.29) is 6.04 Å². The Hall–Kier alpha value is -0.500. The molecule has 0 aliphatic carbocycles. The Morgan fingerprint density at radius 1 is 1.37 bits per heavy atom. The van der Waals surface area contributed by atoms with Gasteiger partial charge in [0.1, 0.15) is 0 Å². The van der Waals surface area contributed by atoms with Crippen molar-refractivity contribution in [2.24, 2.45) is 5.84 Å². The van der Waals surface area contributed by atoms with Crippen molar-refractivity contribution in [1.29, 1.82) is 0 Å². The number of hydrogen-bond donors (Lipinski definition) is 2. The number of benzene rings is 1. The molecule has 1 unspecified atom stereocenters. The number of nitrogens with one attached hydrogen (secondary N) is 1. The highest BCUT2D eigenvalue weighted by molar-refractivity contribution is 14.1. The minimum Gasteiger partial charge on any atom is -0.271 e. The highest BCUT2D eigenvalue weighted by Crippen LogP contribution is 2.25. The minimum absolute atomic E-state index is 0.0699. The zero-order valence-corrected chi connectivity index (χ0v) is 14.3. The average Bonchev–Trinajstić information content (AvgIpc) is 2.42. The Bertz CT molecular complexity index is 557. The lowest BCUT2D eigenvalue weighted by Gasteiger charge is -2.18. The topological polar surface area (TPSA) is 50.9 Å². The van der Waals surface area contributed by atoms with Gasteiger partial charge in [0.2, 0.25) is 0 Å². The molecule has 3 N–H and O–H groups in total. The summed E-state index contributed by atoms with van der Waals surface area (Å²) in [5.74, 6) is 5.71. The van der Waals surface area contributed by atoms with Gasteiger partial charge in [-0.15, -0.1) is 0 Å². The van der Waals surface area contributed by atoms with Crippen LogP contribution >= 0.6 is 38.5 Å². The molecule has 0 aliphatic heterocycles. The summed E-state index contributed by atoms with van der Waals surface area (Å²) in [6.07, 6.45) is 2.58. The standard InChI is InChI=1S/C14H15BrIN3/c1-9-3-2-4-12(14(9)16)13(19-17)7-11-6-5-10(15)8-18-11/h2-6,8,13,19H,7,17H2,1H3. The quantitative estimate of drug-likeness (QED) is 0.442. The Morgan fingerprint density at radius 3 is 2.79 bits per heavy atom. The van der Waals surface area contributed by atoms with E-state index < -0.39 is 0 Å². The molecule has 1 aromatic heterocycles. The Balaban J connectivity index is 2.25. The number of rotatable bonds is 4. The third kappa shape index (κ3) is 3.75. The second-order valence-corrected chi connectivity index (χ2v) is 6.36. The maximum atomic E-state index is 5.71. The average molecular weight is 432 g/mol. The lowest BCUT2D eigenvalue weighted by molar-refractivity contribution is 0.543. The minimum atomic E-state index is 0.0699. The Labute approximate surface area is 135 Å². The molecule has 0 bridgehead atoms. The zero-order valence-electron chi connectivity index (χ0n) is 10.5. The molecule has 0 aliphatic rings. The van der Waals surface area contributed by atoms with Crippen LogP contribution in [0.5, 0.6) is 0 Å². The van der Waals surface area contributed by atoms with E-state index in [1.165, 1.54) is 14.7 Å². The summed E-state index contributed by atoms with van der Waals surface area (Å²) in [6.45, 7) is 2.11. The maximum absolute atomic E-state index is 5.71. The van der Waals surface area contributed by atoms with Gasteiger partial charge in [0.05, 0.1) is 6.04 Å². The first kappa shape index (κ1) is 14.9. The van der Waals surface area contributed by atoms with Crippen LogP contribution in [0.3, 0.4) is 0 Å². The molecule has 1 atom stereocenters. The summed E-state index contributed by atoms with van der Waals surface area (Å²) < 4.78 is 2.24. The van der Waals surface area contributed by atoms with Gasteiger partial charge in [0.15, 0.2) is 0 Å². The molecule has 19 heavy (non-hydrogen) atoms. The Morgan fingerprint density at radius 2 is 2.16 bits per heavy atom. The largest absolute Gasteiger partial charge is 0.271 e. The van der Waals surface area contributed by atoms with Gasteiger partial charge in [-0.25, -0.2) is 0 Å². The van der Waals surface area contributed by atoms with Gasteiger partial charge < -0.3 is 0 Å². The summed E-state index contributed by atoms with van der Waals surface area (Å²) in [5.41, 5.74) is 6.39. The number of pyridine rings is 1. The van der Waals surface area contributed by atoms with Crippen LogP contribution in [-0.2, 0) is 6.42 Å². The van der Waals surface area contributed by atoms with Gasteiger partial charge in [0, 0.05) is 26.4 Å². The second kappa shape index (κ2) is 6.78. The van der Waals surface area contributed by atoms with Crippen LogP contribution < -0.4 is 11.3 Å². The van der Waals surface area contributed by atoms with Crippen molar-refractivity contribution in [1.82, 2.24) is 10.4 Å². The molecule has 3 nitrogen and oxygen atoms in total. The first-order valence-corrected chi connectivity index (χ1v) is 7.80. The summed E-state index contributed by atoms with van der Waals surface area (Å²) in [5, 5.41) is 0. The number of nitrogens with zero attached hydrogens (tertiary/aromatic N) is 1. The number of hydrazine groups is 1. The third-order valence-corrected chi connectivity index (χ3v) is 4.94. The van der Waals surface area contributed by atoms with Crippen molar-refractivity contribution in [2.45, 2.75) is 19.4 Å². The van der Waals surface area contributed by atoms with Crippen LogP contribution in [-0.4, -0.2) is 4.98 Å². The fourth-order valence-electron chi connectivity index (χ4n) is 1.93. The van der Waals surface area contributed by atoms with Crippen molar-refractivity contribution in [3.8, 4) is 0 Å². The van der Waals surface area contributed by atoms with Gasteiger partial charge in [0.25, 0.3) is 0 Å². The molecule has 2 aromatic rings. The van der Waals surface area contributed by atoms with Gasteiger partial charge >= 0.3 is 0 Å². The molecule has 100 valence electrons. The van der Waals surface area contributed by atoms with E-state index in [1.54, 1.807) is 0 Å². The number of nitrogens with two attached hydrogens (primary N) is 1. The molecule has 0 saturated carbocycles. The summed E-state index contributed by atoms with van der Waals surface area (Å²) in [7, 11) is 0. The summed E-state index contributed by atoms with van der Waals surface area (Å²) in [4.78, 5) is 4.40. The van der Waals surface area contributed by atoms with E-state index in [0.717, 1.165) is 16.6 Å². The van der Waals surface area contributed by atoms with Crippen LogP contribution in [0.15, 0.2) is 41.0 Å². The fraction of sp³-hybridized carbons (Fsp3) is 0.214. The first-order valence-electron chi connectivity index (χ1n) is 5.93. The number of aromatic nitrogens is 1. The van der Waals surface area contributed by atoms with Crippen LogP contribution in [0.1, 0.15) is 22.9 Å². The van der Waals surface area contributed by atoms with Crippen molar-refractivity contribution in [3.05, 3.63) is 61.4 Å². The van der Waals surface area contributed by atoms with Crippen LogP contribution in [0.4, 0.5) is 0 Å². The van der Waals surface area contributed by atoms with Crippen molar-refractivity contribution < 1.29 is 0 Å². The number of halogens is 2. The molecule has 0 saturated heterocycles. The summed E-state index contributed by atoms with van der Waals surface area (Å²) in [6, 6.07) is 10.4. The SMILES string of the molecule is Cc1cccc(C(Cc2ccc(Br)cn2)NN)c1I. The number of aryl methyl sites for hydroxylation is 1. The van der Waals surface area contributed by atoms with E-state index in [2.05, 4.69) is 74.1 Å². The molecule has 1 aromatic carbocycles. The van der Waals surface area contributed by atoms with Crippen LogP contribution in [0, 0.1) is 10.5 Å². The molecular formula is C14H15BrIN3. The third-order valence-electron chi connectivity index (χ3n) is 3.00. The normalized spacial score (nSPS) is 12.4. The van der Waals surface area contributed by atoms with Crippen molar-refractivity contribution in [3.63, 3.8) is 0 Å². The van der Waals surface area contributed by atoms with Gasteiger partial charge in [-0.1, -0.05) is 18.2 Å². The fourth-order valence-corrected chi connectivity index (χ4v) is 2.90. The van der Waals surface area contributed by atoms with E-state index >= 15 is 0 Å². The smallest absolute Gasteiger partial charge is 0.0525 e. The predicted molar refractivity (Wildman–Crippen MR) is 89.6 cm³/mol. The first-order chi connectivity index (χ1) is 9.11. The van der Waals surface area contributed by atoms with Gasteiger partial charge in [-0.2, -0.15) is 0 Å². The number of hydrogen-bond acceptors (Lipinski definition) is 3. The van der Waals surface area contributed by atoms with E-state index in [0.29, 0.717) is 0 Å². The van der Waals surface area contributed by atoms with Gasteiger partial charge in [-0.05, 0) is 68.7 Å². The van der Waals surface area contributed by atoms with E-state index in [1.807, 2.05) is 18.3 Å². The zero-order chi connectivity index (χ0) is 13.8. The van der Waals surface area contributed by atoms with E-state index in [4.69, 9.17) is 5.84 Å². The maximum Gasteiger partial charge on any atom is 0.0525 e. The molecule has 5 heteroatoms. The highest BCUT2D eigenvalue weighted by atomic mass is 127. The summed E-state index contributed by atoms with van der Waals surface area (Å²) >= 11 is 5.76. The molecule has 0 amide bonds. The molecular weight excluding hydrogens is 417 g/mol. The predicted octanol–water partition coefficient (Wildman–Crippen LogP) is 3.50. The van der Waals surface area contributed by atoms with Crippen molar-refractivity contribution >= 4 is 38.5 Å². The van der Waals surface area contributed by atoms with Crippen LogP contribution in [0.25, 0.3) is 0 Å². The second-order valence-electron chi connectivity index (χ2n) is 4.37. The Kier molecular flexibility index (Phi) is 5.32. The van der Waals surface area contributed by atoms with Gasteiger partial charge in [-0.3, -0.25) is 16.3 Å². The monoisotopic (exact) mass is 431 g/mol. The lowest BCUT2D eigenvalue weighted by atomic mass is 10.0. The highest BCUT2D eigenvalue weighted by Gasteiger charge is 2.15. The van der Waals surface area contributed by atoms with Crippen molar-refractivity contribution in [2.75, 3.05) is 0 Å². The molecule has 2 rings (SSSR count). The lowest BCUT2D eigenvalue weighted by Crippen LogP contribution is -2.30. The molecule has 1 heterocycles.